The summed E-state index contributed by atoms with van der Waals surface area (Å²) in [5.74, 6) is 5.93. The van der Waals surface area contributed by atoms with Crippen molar-refractivity contribution in [3.63, 3.8) is 0 Å². The van der Waals surface area contributed by atoms with Crippen molar-refractivity contribution in [2.45, 2.75) is 31.7 Å². The highest BCUT2D eigenvalue weighted by atomic mass is 35.5. The Balaban J connectivity index is 2.08. The molecule has 1 unspecified atom stereocenters. The third-order valence-electron chi connectivity index (χ3n) is 3.12. The largest absolute Gasteiger partial charge is 0.271 e. The van der Waals surface area contributed by atoms with E-state index in [1.54, 1.807) is 18.2 Å². The number of rotatable bonds is 5. The minimum Gasteiger partial charge on any atom is -0.271 e. The summed E-state index contributed by atoms with van der Waals surface area (Å²) in [6.07, 6.45) is 4.56. The molecule has 0 radical (unpaired) electrons. The molecule has 1 saturated carbocycles. The second-order valence-electron chi connectivity index (χ2n) is 4.38. The lowest BCUT2D eigenvalue weighted by molar-refractivity contribution is 0.460. The van der Waals surface area contributed by atoms with Gasteiger partial charge in [-0.25, -0.2) is 4.39 Å². The van der Waals surface area contributed by atoms with E-state index in [0.29, 0.717) is 5.56 Å². The molecule has 0 amide bonds. The number of hydrogen-bond acceptors (Lipinski definition) is 2. The minimum absolute atomic E-state index is 0.140. The Morgan fingerprint density at radius 3 is 2.88 bits per heavy atom. The minimum atomic E-state index is -0.358. The maximum Gasteiger partial charge on any atom is 0.146 e. The fourth-order valence-corrected chi connectivity index (χ4v) is 2.11. The number of halogens is 2. The van der Waals surface area contributed by atoms with Gasteiger partial charge in [0.2, 0.25) is 0 Å². The molecule has 0 heterocycles. The van der Waals surface area contributed by atoms with Crippen LogP contribution in [-0.4, -0.2) is 0 Å². The van der Waals surface area contributed by atoms with Gasteiger partial charge in [-0.3, -0.25) is 11.3 Å². The fraction of sp³-hybridized carbons (Fsp3) is 0.500. The van der Waals surface area contributed by atoms with E-state index in [1.807, 2.05) is 0 Å². The molecule has 1 aliphatic rings. The number of nitrogens with one attached hydrogen (secondary N) is 1. The summed E-state index contributed by atoms with van der Waals surface area (Å²) in [6, 6.07) is 4.90. The summed E-state index contributed by atoms with van der Waals surface area (Å²) in [5, 5.41) is 0.157. The Morgan fingerprint density at radius 2 is 2.25 bits per heavy atom. The first-order valence-corrected chi connectivity index (χ1v) is 6.00. The molecular weight excluding hydrogens is 227 g/mol. The summed E-state index contributed by atoms with van der Waals surface area (Å²) >= 11 is 5.75. The lowest BCUT2D eigenvalue weighted by Gasteiger charge is -2.17. The van der Waals surface area contributed by atoms with E-state index in [2.05, 4.69) is 5.43 Å². The summed E-state index contributed by atoms with van der Waals surface area (Å²) < 4.78 is 13.8. The van der Waals surface area contributed by atoms with E-state index < -0.39 is 0 Å². The Bertz CT molecular complexity index is 366. The fourth-order valence-electron chi connectivity index (χ4n) is 1.93. The number of nitrogens with two attached hydrogens (primary N) is 1. The van der Waals surface area contributed by atoms with Gasteiger partial charge in [-0.05, 0) is 24.8 Å². The second-order valence-corrected chi connectivity index (χ2v) is 4.79. The van der Waals surface area contributed by atoms with Crippen molar-refractivity contribution in [1.29, 1.82) is 0 Å². The number of hydrazine groups is 1. The van der Waals surface area contributed by atoms with Crippen LogP contribution in [0.25, 0.3) is 0 Å². The van der Waals surface area contributed by atoms with E-state index in [0.717, 1.165) is 18.8 Å². The Kier molecular flexibility index (Phi) is 3.79. The van der Waals surface area contributed by atoms with Gasteiger partial charge in [0.1, 0.15) is 5.82 Å². The summed E-state index contributed by atoms with van der Waals surface area (Å²) in [4.78, 5) is 0. The first-order chi connectivity index (χ1) is 7.72. The van der Waals surface area contributed by atoms with Gasteiger partial charge < -0.3 is 0 Å². The van der Waals surface area contributed by atoms with Crippen molar-refractivity contribution in [2.24, 2.45) is 11.8 Å². The van der Waals surface area contributed by atoms with E-state index in [1.165, 1.54) is 12.8 Å². The van der Waals surface area contributed by atoms with Gasteiger partial charge in [-0.15, -0.1) is 0 Å². The molecular formula is C12H16ClFN2. The van der Waals surface area contributed by atoms with Crippen molar-refractivity contribution < 1.29 is 4.39 Å². The van der Waals surface area contributed by atoms with Gasteiger partial charge in [0, 0.05) is 11.6 Å². The van der Waals surface area contributed by atoms with E-state index in [-0.39, 0.29) is 16.9 Å². The SMILES string of the molecule is NNC(CCC1CC1)c1cccc(Cl)c1F. The Morgan fingerprint density at radius 1 is 1.50 bits per heavy atom. The maximum atomic E-state index is 13.8. The van der Waals surface area contributed by atoms with Gasteiger partial charge in [0.25, 0.3) is 0 Å². The molecule has 1 aromatic rings. The average molecular weight is 243 g/mol. The van der Waals surface area contributed by atoms with Gasteiger partial charge in [0.05, 0.1) is 5.02 Å². The summed E-state index contributed by atoms with van der Waals surface area (Å²) in [7, 11) is 0. The molecule has 1 aliphatic carbocycles. The second kappa shape index (κ2) is 5.13. The Hall–Kier alpha value is -0.640. The average Bonchev–Trinajstić information content (AvgIpc) is 3.08. The normalized spacial score (nSPS) is 17.4. The van der Waals surface area contributed by atoms with Crippen molar-refractivity contribution >= 4 is 11.6 Å². The third-order valence-corrected chi connectivity index (χ3v) is 3.41. The molecule has 3 N–H and O–H groups in total. The van der Waals surface area contributed by atoms with Crippen LogP contribution in [0.5, 0.6) is 0 Å². The molecule has 1 atom stereocenters. The van der Waals surface area contributed by atoms with Crippen LogP contribution in [0.1, 0.15) is 37.3 Å². The van der Waals surface area contributed by atoms with Crippen LogP contribution in [0.4, 0.5) is 4.39 Å². The zero-order chi connectivity index (χ0) is 11.5. The predicted octanol–water partition coefficient (Wildman–Crippen LogP) is 3.17. The molecule has 2 nitrogen and oxygen atoms in total. The summed E-state index contributed by atoms with van der Waals surface area (Å²) in [5.41, 5.74) is 3.24. The van der Waals surface area contributed by atoms with Crippen LogP contribution in [0, 0.1) is 11.7 Å². The van der Waals surface area contributed by atoms with Crippen LogP contribution in [0.3, 0.4) is 0 Å². The first kappa shape index (κ1) is 11.8. The highest BCUT2D eigenvalue weighted by Gasteiger charge is 2.24. The summed E-state index contributed by atoms with van der Waals surface area (Å²) in [6.45, 7) is 0. The smallest absolute Gasteiger partial charge is 0.146 e. The van der Waals surface area contributed by atoms with E-state index in [4.69, 9.17) is 17.4 Å². The van der Waals surface area contributed by atoms with E-state index >= 15 is 0 Å². The molecule has 0 aliphatic heterocycles. The zero-order valence-corrected chi connectivity index (χ0v) is 9.80. The molecule has 1 fully saturated rings. The van der Waals surface area contributed by atoms with Gasteiger partial charge >= 0.3 is 0 Å². The monoisotopic (exact) mass is 242 g/mol. The highest BCUT2D eigenvalue weighted by molar-refractivity contribution is 6.30. The zero-order valence-electron chi connectivity index (χ0n) is 9.05. The predicted molar refractivity (Wildman–Crippen MR) is 63.4 cm³/mol. The first-order valence-electron chi connectivity index (χ1n) is 5.62. The molecule has 2 rings (SSSR count). The molecule has 88 valence electrons. The topological polar surface area (TPSA) is 38.0 Å². The molecule has 0 saturated heterocycles. The van der Waals surface area contributed by atoms with Crippen molar-refractivity contribution in [3.8, 4) is 0 Å². The van der Waals surface area contributed by atoms with E-state index in [9.17, 15) is 4.39 Å². The molecule has 4 heteroatoms. The van der Waals surface area contributed by atoms with Crippen molar-refractivity contribution in [2.75, 3.05) is 0 Å². The quantitative estimate of drug-likeness (QED) is 0.615. The van der Waals surface area contributed by atoms with Crippen LogP contribution >= 0.6 is 11.6 Å². The molecule has 16 heavy (non-hydrogen) atoms. The van der Waals surface area contributed by atoms with Gasteiger partial charge in [0.15, 0.2) is 0 Å². The van der Waals surface area contributed by atoms with Crippen LogP contribution < -0.4 is 11.3 Å². The highest BCUT2D eigenvalue weighted by Crippen LogP contribution is 2.36. The number of hydrogen-bond donors (Lipinski definition) is 2. The van der Waals surface area contributed by atoms with Crippen LogP contribution in [-0.2, 0) is 0 Å². The third kappa shape index (κ3) is 2.73. The molecule has 0 spiro atoms. The van der Waals surface area contributed by atoms with Gasteiger partial charge in [-0.1, -0.05) is 36.6 Å². The molecule has 0 aromatic heterocycles. The van der Waals surface area contributed by atoms with Gasteiger partial charge in [-0.2, -0.15) is 0 Å². The Labute approximate surface area is 99.9 Å². The van der Waals surface area contributed by atoms with Crippen molar-refractivity contribution in [1.82, 2.24) is 5.43 Å². The lowest BCUT2D eigenvalue weighted by atomic mass is 10.0. The van der Waals surface area contributed by atoms with Crippen LogP contribution in [0.2, 0.25) is 5.02 Å². The number of benzene rings is 1. The van der Waals surface area contributed by atoms with Crippen molar-refractivity contribution in [3.05, 3.63) is 34.6 Å². The molecule has 0 bridgehead atoms. The maximum absolute atomic E-state index is 13.8. The standard InChI is InChI=1S/C12H16ClFN2/c13-10-3-1-2-9(12(10)14)11(16-15)7-6-8-4-5-8/h1-3,8,11,16H,4-7,15H2. The van der Waals surface area contributed by atoms with Crippen LogP contribution in [0.15, 0.2) is 18.2 Å². The lowest BCUT2D eigenvalue weighted by Crippen LogP contribution is -2.28. The molecule has 1 aromatic carbocycles.